The molecule has 1 heterocycles. The Morgan fingerprint density at radius 3 is 2.62 bits per heavy atom. The summed E-state index contributed by atoms with van der Waals surface area (Å²) >= 11 is 0. The summed E-state index contributed by atoms with van der Waals surface area (Å²) < 4.78 is 38.1. The van der Waals surface area contributed by atoms with Crippen LogP contribution < -0.4 is 4.90 Å². The van der Waals surface area contributed by atoms with Crippen LogP contribution in [0, 0.1) is 5.82 Å². The maximum Gasteiger partial charge on any atom is 0.177 e. The number of nitrogens with zero attached hydrogens (tertiary/aromatic N) is 1. The van der Waals surface area contributed by atoms with Gasteiger partial charge in [-0.2, -0.15) is 0 Å². The van der Waals surface area contributed by atoms with Crippen LogP contribution in [0.25, 0.3) is 0 Å². The van der Waals surface area contributed by atoms with Crippen molar-refractivity contribution in [2.24, 2.45) is 0 Å². The SMILES string of the molecule is CC(=O)c1ccc(S(C)(=O)=O)c(N2CCc3c(F)cccc3C2)c1. The van der Waals surface area contributed by atoms with Gasteiger partial charge in [0.2, 0.25) is 0 Å². The average Bonchev–Trinajstić information content (AvgIpc) is 2.53. The van der Waals surface area contributed by atoms with Gasteiger partial charge in [-0.1, -0.05) is 12.1 Å². The number of fused-ring (bicyclic) bond motifs is 1. The quantitative estimate of drug-likeness (QED) is 0.801. The molecule has 0 aliphatic carbocycles. The molecule has 2 aromatic carbocycles. The summed E-state index contributed by atoms with van der Waals surface area (Å²) in [6.07, 6.45) is 1.65. The summed E-state index contributed by atoms with van der Waals surface area (Å²) in [5, 5.41) is 0. The van der Waals surface area contributed by atoms with Crippen molar-refractivity contribution in [3.8, 4) is 0 Å². The fraction of sp³-hybridized carbons (Fsp3) is 0.278. The van der Waals surface area contributed by atoms with Crippen LogP contribution in [0.15, 0.2) is 41.3 Å². The second-order valence-electron chi connectivity index (χ2n) is 6.06. The number of halogens is 1. The van der Waals surface area contributed by atoms with Gasteiger partial charge in [0.25, 0.3) is 0 Å². The lowest BCUT2D eigenvalue weighted by Crippen LogP contribution is -2.32. The molecule has 0 spiro atoms. The Kier molecular flexibility index (Phi) is 4.17. The summed E-state index contributed by atoms with van der Waals surface area (Å²) in [4.78, 5) is 13.7. The predicted octanol–water partition coefficient (Wildman–Crippen LogP) is 2.99. The van der Waals surface area contributed by atoms with Crippen molar-refractivity contribution in [1.29, 1.82) is 0 Å². The highest BCUT2D eigenvalue weighted by Gasteiger charge is 2.24. The van der Waals surface area contributed by atoms with Gasteiger partial charge in [-0.3, -0.25) is 4.79 Å². The third kappa shape index (κ3) is 3.06. The molecule has 2 aromatic rings. The second kappa shape index (κ2) is 6.02. The molecule has 0 atom stereocenters. The third-order valence-corrected chi connectivity index (χ3v) is 5.46. The van der Waals surface area contributed by atoms with Gasteiger partial charge in [0.15, 0.2) is 15.6 Å². The maximum absolute atomic E-state index is 13.9. The van der Waals surface area contributed by atoms with E-state index in [2.05, 4.69) is 0 Å². The number of carbonyl (C=O) groups is 1. The molecule has 24 heavy (non-hydrogen) atoms. The molecule has 126 valence electrons. The van der Waals surface area contributed by atoms with Crippen LogP contribution in [0.2, 0.25) is 0 Å². The molecule has 3 rings (SSSR count). The van der Waals surface area contributed by atoms with Crippen LogP contribution in [0.5, 0.6) is 0 Å². The Balaban J connectivity index is 2.09. The molecule has 0 N–H and O–H groups in total. The molecule has 0 saturated carbocycles. The molecule has 0 radical (unpaired) electrons. The average molecular weight is 347 g/mol. The number of hydrogen-bond donors (Lipinski definition) is 0. The molecule has 0 aromatic heterocycles. The van der Waals surface area contributed by atoms with Crippen LogP contribution in [-0.4, -0.2) is 27.0 Å². The molecule has 0 bridgehead atoms. The largest absolute Gasteiger partial charge is 0.366 e. The molecular formula is C18H18FNO3S. The minimum Gasteiger partial charge on any atom is -0.366 e. The zero-order valence-corrected chi connectivity index (χ0v) is 14.4. The van der Waals surface area contributed by atoms with Crippen molar-refractivity contribution in [3.63, 3.8) is 0 Å². The number of Topliss-reactive ketones (excluding diaryl/α,β-unsaturated/α-hetero) is 1. The van der Waals surface area contributed by atoms with E-state index in [1.165, 1.54) is 25.1 Å². The normalized spacial score (nSPS) is 14.4. The zero-order chi connectivity index (χ0) is 17.5. The minimum atomic E-state index is -3.44. The van der Waals surface area contributed by atoms with Crippen LogP contribution in [0.3, 0.4) is 0 Å². The molecule has 0 saturated heterocycles. The first-order valence-corrected chi connectivity index (χ1v) is 9.53. The molecule has 0 unspecified atom stereocenters. The van der Waals surface area contributed by atoms with Gasteiger partial charge in [-0.25, -0.2) is 12.8 Å². The fourth-order valence-electron chi connectivity index (χ4n) is 3.07. The lowest BCUT2D eigenvalue weighted by molar-refractivity contribution is 0.101. The van der Waals surface area contributed by atoms with Gasteiger partial charge < -0.3 is 4.90 Å². The number of hydrogen-bond acceptors (Lipinski definition) is 4. The first-order valence-electron chi connectivity index (χ1n) is 7.63. The van der Waals surface area contributed by atoms with Crippen LogP contribution in [-0.2, 0) is 22.8 Å². The van der Waals surface area contributed by atoms with E-state index in [1.807, 2.05) is 11.0 Å². The van der Waals surface area contributed by atoms with Crippen molar-refractivity contribution >= 4 is 21.3 Å². The first-order chi connectivity index (χ1) is 11.3. The van der Waals surface area contributed by atoms with Crippen molar-refractivity contribution in [2.75, 3.05) is 17.7 Å². The highest BCUT2D eigenvalue weighted by molar-refractivity contribution is 7.90. The van der Waals surface area contributed by atoms with Crippen LogP contribution in [0.1, 0.15) is 28.4 Å². The zero-order valence-electron chi connectivity index (χ0n) is 13.5. The minimum absolute atomic E-state index is 0.125. The summed E-state index contributed by atoms with van der Waals surface area (Å²) in [5.74, 6) is -0.354. The van der Waals surface area contributed by atoms with Crippen molar-refractivity contribution in [2.45, 2.75) is 24.8 Å². The van der Waals surface area contributed by atoms with E-state index in [4.69, 9.17) is 0 Å². The van der Waals surface area contributed by atoms with E-state index in [0.29, 0.717) is 36.3 Å². The summed E-state index contributed by atoms with van der Waals surface area (Å²) in [5.41, 5.74) is 2.48. The smallest absolute Gasteiger partial charge is 0.177 e. The Bertz CT molecular complexity index is 922. The van der Waals surface area contributed by atoms with Crippen molar-refractivity contribution in [1.82, 2.24) is 0 Å². The van der Waals surface area contributed by atoms with E-state index in [0.717, 1.165) is 11.8 Å². The van der Waals surface area contributed by atoms with Gasteiger partial charge >= 0.3 is 0 Å². The maximum atomic E-state index is 13.9. The summed E-state index contributed by atoms with van der Waals surface area (Å²) in [7, 11) is -3.44. The van der Waals surface area contributed by atoms with Gasteiger partial charge in [0.1, 0.15) is 5.82 Å². The molecular weight excluding hydrogens is 329 g/mol. The van der Waals surface area contributed by atoms with E-state index in [-0.39, 0.29) is 16.5 Å². The molecule has 4 nitrogen and oxygen atoms in total. The van der Waals surface area contributed by atoms with Gasteiger partial charge in [-0.05, 0) is 48.7 Å². The van der Waals surface area contributed by atoms with Gasteiger partial charge in [-0.15, -0.1) is 0 Å². The number of benzene rings is 2. The highest BCUT2D eigenvalue weighted by atomic mass is 32.2. The Labute approximate surface area is 140 Å². The molecule has 6 heteroatoms. The first kappa shape index (κ1) is 16.6. The van der Waals surface area contributed by atoms with Gasteiger partial charge in [0.05, 0.1) is 10.6 Å². The summed E-state index contributed by atoms with van der Waals surface area (Å²) in [6, 6.07) is 9.55. The number of ketones is 1. The van der Waals surface area contributed by atoms with Crippen LogP contribution in [0.4, 0.5) is 10.1 Å². The van der Waals surface area contributed by atoms with Crippen molar-refractivity contribution in [3.05, 3.63) is 58.9 Å². The van der Waals surface area contributed by atoms with Gasteiger partial charge in [0, 0.05) is 24.9 Å². The Morgan fingerprint density at radius 1 is 1.21 bits per heavy atom. The van der Waals surface area contributed by atoms with Crippen molar-refractivity contribution < 1.29 is 17.6 Å². The lowest BCUT2D eigenvalue weighted by atomic mass is 9.98. The predicted molar refractivity (Wildman–Crippen MR) is 90.7 cm³/mol. The monoisotopic (exact) mass is 347 g/mol. The van der Waals surface area contributed by atoms with Crippen LogP contribution >= 0.6 is 0 Å². The van der Waals surface area contributed by atoms with E-state index in [9.17, 15) is 17.6 Å². The molecule has 1 aliphatic rings. The van der Waals surface area contributed by atoms with E-state index < -0.39 is 9.84 Å². The Hall–Kier alpha value is -2.21. The van der Waals surface area contributed by atoms with E-state index >= 15 is 0 Å². The topological polar surface area (TPSA) is 54.5 Å². The standard InChI is InChI=1S/C18H18FNO3S/c1-12(21)13-6-7-18(24(2,22)23)17(10-13)20-9-8-15-14(11-20)4-3-5-16(15)19/h3-7,10H,8-9,11H2,1-2H3. The second-order valence-corrected chi connectivity index (χ2v) is 8.04. The molecule has 0 fully saturated rings. The number of rotatable bonds is 3. The van der Waals surface area contributed by atoms with E-state index in [1.54, 1.807) is 12.1 Å². The fourth-order valence-corrected chi connectivity index (χ4v) is 3.95. The molecule has 0 amide bonds. The molecule has 1 aliphatic heterocycles. The number of carbonyl (C=O) groups excluding carboxylic acids is 1. The number of anilines is 1. The third-order valence-electron chi connectivity index (χ3n) is 4.31. The lowest BCUT2D eigenvalue weighted by Gasteiger charge is -2.32. The Morgan fingerprint density at radius 2 is 1.96 bits per heavy atom. The summed E-state index contributed by atoms with van der Waals surface area (Å²) in [6.45, 7) is 2.36. The highest BCUT2D eigenvalue weighted by Crippen LogP contribution is 2.32. The number of sulfone groups is 1.